The molecule has 0 bridgehead atoms. The second-order valence-corrected chi connectivity index (χ2v) is 5.19. The molecule has 0 unspecified atom stereocenters. The van der Waals surface area contributed by atoms with Gasteiger partial charge in [0.05, 0.1) is 11.3 Å². The third-order valence-corrected chi connectivity index (χ3v) is 3.40. The fourth-order valence-corrected chi connectivity index (χ4v) is 2.12. The number of amides is 3. The molecule has 0 aromatic heterocycles. The van der Waals surface area contributed by atoms with E-state index in [1.165, 1.54) is 14.0 Å². The van der Waals surface area contributed by atoms with Crippen LogP contribution >= 0.6 is 0 Å². The van der Waals surface area contributed by atoms with E-state index in [0.717, 1.165) is 5.56 Å². The van der Waals surface area contributed by atoms with Gasteiger partial charge in [-0.1, -0.05) is 24.3 Å². The molecule has 0 saturated carbocycles. The summed E-state index contributed by atoms with van der Waals surface area (Å²) in [7, 11) is 1.54. The highest BCUT2D eigenvalue weighted by Crippen LogP contribution is 2.16. The highest BCUT2D eigenvalue weighted by Gasteiger charge is 2.12. The lowest BCUT2D eigenvalue weighted by Crippen LogP contribution is -2.21. The largest absolute Gasteiger partial charge is 0.355 e. The van der Waals surface area contributed by atoms with Gasteiger partial charge in [0.1, 0.15) is 0 Å². The smallest absolute Gasteiger partial charge is 0.255 e. The van der Waals surface area contributed by atoms with E-state index in [2.05, 4.69) is 16.0 Å². The van der Waals surface area contributed by atoms with Gasteiger partial charge < -0.3 is 16.0 Å². The van der Waals surface area contributed by atoms with Crippen LogP contribution in [0, 0.1) is 0 Å². The van der Waals surface area contributed by atoms with Crippen molar-refractivity contribution in [2.75, 3.05) is 12.4 Å². The number of para-hydroxylation sites is 1. The lowest BCUT2D eigenvalue weighted by molar-refractivity contribution is -0.119. The summed E-state index contributed by atoms with van der Waals surface area (Å²) in [5.74, 6) is -0.684. The molecule has 0 heterocycles. The first kappa shape index (κ1) is 17.2. The molecule has 6 nitrogen and oxygen atoms in total. The summed E-state index contributed by atoms with van der Waals surface area (Å²) in [5.41, 5.74) is 2.21. The summed E-state index contributed by atoms with van der Waals surface area (Å²) in [5, 5.41) is 7.98. The molecule has 6 heteroatoms. The molecule has 0 radical (unpaired) electrons. The van der Waals surface area contributed by atoms with Crippen molar-refractivity contribution in [3.63, 3.8) is 0 Å². The lowest BCUT2D eigenvalue weighted by Gasteiger charge is -2.10. The van der Waals surface area contributed by atoms with E-state index in [1.54, 1.807) is 48.5 Å². The highest BCUT2D eigenvalue weighted by molar-refractivity contribution is 6.08. The van der Waals surface area contributed by atoms with Gasteiger partial charge in [-0.25, -0.2) is 0 Å². The van der Waals surface area contributed by atoms with Crippen LogP contribution in [0.15, 0.2) is 48.5 Å². The Morgan fingerprint density at radius 3 is 2.21 bits per heavy atom. The van der Waals surface area contributed by atoms with E-state index >= 15 is 0 Å². The van der Waals surface area contributed by atoms with Crippen LogP contribution in [0.4, 0.5) is 5.69 Å². The Morgan fingerprint density at radius 2 is 1.58 bits per heavy atom. The average molecular weight is 325 g/mol. The van der Waals surface area contributed by atoms with Crippen LogP contribution in [0.5, 0.6) is 0 Å². The minimum Gasteiger partial charge on any atom is -0.355 e. The number of benzene rings is 2. The molecular weight excluding hydrogens is 306 g/mol. The van der Waals surface area contributed by atoms with Gasteiger partial charge in [-0.3, -0.25) is 14.4 Å². The Labute approximate surface area is 140 Å². The summed E-state index contributed by atoms with van der Waals surface area (Å²) in [6.45, 7) is 1.86. The van der Waals surface area contributed by atoms with Gasteiger partial charge in [-0.05, 0) is 29.8 Å². The zero-order valence-electron chi connectivity index (χ0n) is 13.6. The molecular formula is C18H19N3O3. The number of anilines is 1. The minimum atomic E-state index is -0.308. The first-order valence-electron chi connectivity index (χ1n) is 7.47. The number of carbonyl (C=O) groups is 3. The predicted octanol–water partition coefficient (Wildman–Crippen LogP) is 1.93. The Hall–Kier alpha value is -3.15. The van der Waals surface area contributed by atoms with Gasteiger partial charge in [0.15, 0.2) is 0 Å². The average Bonchev–Trinajstić information content (AvgIpc) is 2.60. The van der Waals surface area contributed by atoms with Gasteiger partial charge in [-0.15, -0.1) is 0 Å². The maximum Gasteiger partial charge on any atom is 0.255 e. The number of hydrogen-bond acceptors (Lipinski definition) is 3. The molecule has 2 aromatic carbocycles. The van der Waals surface area contributed by atoms with Gasteiger partial charge >= 0.3 is 0 Å². The van der Waals surface area contributed by atoms with Gasteiger partial charge in [0.2, 0.25) is 5.91 Å². The van der Waals surface area contributed by atoms with Crippen LogP contribution in [0.2, 0.25) is 0 Å². The van der Waals surface area contributed by atoms with Crippen LogP contribution < -0.4 is 16.0 Å². The van der Waals surface area contributed by atoms with Crippen molar-refractivity contribution >= 4 is 23.4 Å². The monoisotopic (exact) mass is 325 g/mol. The topological polar surface area (TPSA) is 87.3 Å². The van der Waals surface area contributed by atoms with E-state index in [0.29, 0.717) is 23.4 Å². The molecule has 0 atom stereocenters. The molecule has 0 spiro atoms. The normalized spacial score (nSPS) is 9.92. The molecule has 0 aliphatic heterocycles. The maximum absolute atomic E-state index is 12.3. The molecule has 0 aliphatic rings. The van der Waals surface area contributed by atoms with Crippen LogP contribution in [0.25, 0.3) is 0 Å². The number of hydrogen-bond donors (Lipinski definition) is 3. The summed E-state index contributed by atoms with van der Waals surface area (Å²) in [6.07, 6.45) is 0. The van der Waals surface area contributed by atoms with E-state index in [9.17, 15) is 14.4 Å². The number of carbonyl (C=O) groups excluding carboxylic acids is 3. The summed E-state index contributed by atoms with van der Waals surface area (Å²) in [6, 6.07) is 13.7. The zero-order valence-corrected chi connectivity index (χ0v) is 13.6. The quantitative estimate of drug-likeness (QED) is 0.785. The molecule has 0 fully saturated rings. The van der Waals surface area contributed by atoms with Crippen molar-refractivity contribution in [3.05, 3.63) is 65.2 Å². The standard InChI is InChI=1S/C18H19N3O3/c1-12(22)20-11-13-7-9-14(10-8-13)17(23)21-16-6-4-3-5-15(16)18(24)19-2/h3-10H,11H2,1-2H3,(H,19,24)(H,20,22)(H,21,23). The molecule has 2 rings (SSSR count). The third-order valence-electron chi connectivity index (χ3n) is 3.40. The van der Waals surface area contributed by atoms with Gasteiger partial charge in [0, 0.05) is 26.1 Å². The van der Waals surface area contributed by atoms with Crippen molar-refractivity contribution in [3.8, 4) is 0 Å². The first-order chi connectivity index (χ1) is 11.5. The van der Waals surface area contributed by atoms with Crippen LogP contribution in [-0.4, -0.2) is 24.8 Å². The Morgan fingerprint density at radius 1 is 0.917 bits per heavy atom. The van der Waals surface area contributed by atoms with Crippen molar-refractivity contribution in [1.82, 2.24) is 10.6 Å². The fourth-order valence-electron chi connectivity index (χ4n) is 2.12. The van der Waals surface area contributed by atoms with Gasteiger partial charge in [0.25, 0.3) is 11.8 Å². The van der Waals surface area contributed by atoms with E-state index in [4.69, 9.17) is 0 Å². The molecule has 3 amide bonds. The molecule has 0 saturated heterocycles. The van der Waals surface area contributed by atoms with E-state index < -0.39 is 0 Å². The third kappa shape index (κ3) is 4.42. The number of rotatable bonds is 5. The second kappa shape index (κ2) is 7.92. The predicted molar refractivity (Wildman–Crippen MR) is 91.7 cm³/mol. The van der Waals surface area contributed by atoms with Crippen LogP contribution in [0.3, 0.4) is 0 Å². The van der Waals surface area contributed by atoms with Crippen LogP contribution in [0.1, 0.15) is 33.2 Å². The lowest BCUT2D eigenvalue weighted by atomic mass is 10.1. The molecule has 0 aliphatic carbocycles. The molecule has 24 heavy (non-hydrogen) atoms. The Balaban J connectivity index is 2.10. The van der Waals surface area contributed by atoms with E-state index in [1.807, 2.05) is 0 Å². The maximum atomic E-state index is 12.3. The highest BCUT2D eigenvalue weighted by atomic mass is 16.2. The summed E-state index contributed by atoms with van der Waals surface area (Å²) >= 11 is 0. The van der Waals surface area contributed by atoms with Crippen LogP contribution in [-0.2, 0) is 11.3 Å². The fraction of sp³-hybridized carbons (Fsp3) is 0.167. The van der Waals surface area contributed by atoms with Crippen molar-refractivity contribution in [2.24, 2.45) is 0 Å². The SMILES string of the molecule is CNC(=O)c1ccccc1NC(=O)c1ccc(CNC(C)=O)cc1. The Bertz CT molecular complexity index is 754. The van der Waals surface area contributed by atoms with Crippen molar-refractivity contribution < 1.29 is 14.4 Å². The van der Waals surface area contributed by atoms with Crippen molar-refractivity contribution in [2.45, 2.75) is 13.5 Å². The number of nitrogens with one attached hydrogen (secondary N) is 3. The molecule has 2 aromatic rings. The Kier molecular flexibility index (Phi) is 5.68. The van der Waals surface area contributed by atoms with E-state index in [-0.39, 0.29) is 17.7 Å². The molecule has 3 N–H and O–H groups in total. The molecule has 124 valence electrons. The summed E-state index contributed by atoms with van der Waals surface area (Å²) in [4.78, 5) is 35.1. The minimum absolute atomic E-state index is 0.109. The van der Waals surface area contributed by atoms with Gasteiger partial charge in [-0.2, -0.15) is 0 Å². The second-order valence-electron chi connectivity index (χ2n) is 5.19. The first-order valence-corrected chi connectivity index (χ1v) is 7.47. The summed E-state index contributed by atoms with van der Waals surface area (Å²) < 4.78 is 0. The van der Waals surface area contributed by atoms with Crippen molar-refractivity contribution in [1.29, 1.82) is 0 Å². The zero-order chi connectivity index (χ0) is 17.5.